The normalized spacial score (nSPS) is 21.4. The monoisotopic (exact) mass is 365 g/mol. The van der Waals surface area contributed by atoms with E-state index in [2.05, 4.69) is 5.32 Å². The van der Waals surface area contributed by atoms with E-state index < -0.39 is 0 Å². The maximum atomic E-state index is 12.8. The number of likely N-dealkylation sites (tertiary alicyclic amines) is 1. The van der Waals surface area contributed by atoms with Crippen LogP contribution in [0.4, 0.5) is 5.69 Å². The number of aryl methyl sites for hydroxylation is 1. The Balaban J connectivity index is 0.00000225. The fourth-order valence-corrected chi connectivity index (χ4v) is 3.75. The molecular formula is C19H28ClN3O2. The minimum Gasteiger partial charge on any atom is -0.342 e. The molecule has 1 aromatic carbocycles. The summed E-state index contributed by atoms with van der Waals surface area (Å²) in [5.74, 6) is 0.677. The number of carbonyl (C=O) groups is 2. The van der Waals surface area contributed by atoms with Crippen LogP contribution < -0.4 is 10.2 Å². The van der Waals surface area contributed by atoms with Crippen LogP contribution in [0.2, 0.25) is 0 Å². The molecule has 2 aliphatic heterocycles. The summed E-state index contributed by atoms with van der Waals surface area (Å²) in [4.78, 5) is 28.8. The summed E-state index contributed by atoms with van der Waals surface area (Å²) in [7, 11) is 1.97. The molecule has 1 atom stereocenters. The van der Waals surface area contributed by atoms with E-state index in [1.165, 1.54) is 5.56 Å². The number of anilines is 1. The van der Waals surface area contributed by atoms with Crippen LogP contribution in [0.5, 0.6) is 0 Å². The van der Waals surface area contributed by atoms with Crippen molar-refractivity contribution in [3.8, 4) is 0 Å². The lowest BCUT2D eigenvalue weighted by Crippen LogP contribution is -2.43. The summed E-state index contributed by atoms with van der Waals surface area (Å²) in [6.45, 7) is 5.20. The summed E-state index contributed by atoms with van der Waals surface area (Å²) in [6.07, 6.45) is 2.44. The molecule has 0 aromatic heterocycles. The highest BCUT2D eigenvalue weighted by Crippen LogP contribution is 2.28. The van der Waals surface area contributed by atoms with E-state index in [0.29, 0.717) is 18.9 Å². The first-order valence-electron chi connectivity index (χ1n) is 8.89. The number of piperidine rings is 1. The van der Waals surface area contributed by atoms with Gasteiger partial charge in [0.15, 0.2) is 0 Å². The molecule has 1 unspecified atom stereocenters. The average Bonchev–Trinajstić information content (AvgIpc) is 2.98. The third-order valence-corrected chi connectivity index (χ3v) is 5.24. The highest BCUT2D eigenvalue weighted by Gasteiger charge is 2.37. The molecule has 1 aromatic rings. The zero-order valence-corrected chi connectivity index (χ0v) is 15.8. The Bertz CT molecular complexity index is 597. The first kappa shape index (κ1) is 19.7. The summed E-state index contributed by atoms with van der Waals surface area (Å²) in [6, 6.07) is 7.93. The first-order valence-corrected chi connectivity index (χ1v) is 8.89. The molecule has 2 fully saturated rings. The molecule has 25 heavy (non-hydrogen) atoms. The van der Waals surface area contributed by atoms with Crippen molar-refractivity contribution in [2.24, 2.45) is 11.8 Å². The SMILES string of the molecule is CNCC1CCN(C(=O)C2CC(=O)N(c3ccc(C)cc3)C2)CC1.Cl. The second-order valence-electron chi connectivity index (χ2n) is 7.07. The van der Waals surface area contributed by atoms with Gasteiger partial charge in [0.25, 0.3) is 0 Å². The van der Waals surface area contributed by atoms with Crippen LogP contribution in [0.15, 0.2) is 24.3 Å². The van der Waals surface area contributed by atoms with Crippen LogP contribution in [0.3, 0.4) is 0 Å². The highest BCUT2D eigenvalue weighted by molar-refractivity contribution is 6.00. The van der Waals surface area contributed by atoms with Gasteiger partial charge in [-0.05, 0) is 51.4 Å². The zero-order valence-electron chi connectivity index (χ0n) is 15.0. The molecule has 3 rings (SSSR count). The molecule has 0 saturated carbocycles. The number of nitrogens with one attached hydrogen (secondary N) is 1. The first-order chi connectivity index (χ1) is 11.6. The van der Waals surface area contributed by atoms with Crippen molar-refractivity contribution in [1.29, 1.82) is 0 Å². The molecule has 5 nitrogen and oxygen atoms in total. The standard InChI is InChI=1S/C19H27N3O2.ClH/c1-14-3-5-17(6-4-14)22-13-16(11-18(22)23)19(24)21-9-7-15(8-10-21)12-20-2;/h3-6,15-16,20H,7-13H2,1-2H3;1H. The average molecular weight is 366 g/mol. The van der Waals surface area contributed by atoms with Crippen molar-refractivity contribution in [1.82, 2.24) is 10.2 Å². The lowest BCUT2D eigenvalue weighted by atomic mass is 9.95. The number of benzene rings is 1. The van der Waals surface area contributed by atoms with E-state index in [9.17, 15) is 9.59 Å². The van der Waals surface area contributed by atoms with Crippen LogP contribution in [0, 0.1) is 18.8 Å². The van der Waals surface area contributed by atoms with E-state index >= 15 is 0 Å². The number of amides is 2. The van der Waals surface area contributed by atoms with Crippen LogP contribution in [0.1, 0.15) is 24.8 Å². The van der Waals surface area contributed by atoms with Crippen LogP contribution >= 0.6 is 12.4 Å². The highest BCUT2D eigenvalue weighted by atomic mass is 35.5. The summed E-state index contributed by atoms with van der Waals surface area (Å²) < 4.78 is 0. The molecule has 2 saturated heterocycles. The maximum Gasteiger partial charge on any atom is 0.228 e. The van der Waals surface area contributed by atoms with E-state index in [-0.39, 0.29) is 30.1 Å². The molecule has 1 N–H and O–H groups in total. The largest absolute Gasteiger partial charge is 0.342 e. The van der Waals surface area contributed by atoms with Crippen molar-refractivity contribution >= 4 is 29.9 Å². The van der Waals surface area contributed by atoms with Crippen molar-refractivity contribution in [2.45, 2.75) is 26.2 Å². The van der Waals surface area contributed by atoms with Gasteiger partial charge in [-0.3, -0.25) is 9.59 Å². The Kier molecular flexibility index (Phi) is 6.85. The summed E-state index contributed by atoms with van der Waals surface area (Å²) >= 11 is 0. The molecule has 6 heteroatoms. The van der Waals surface area contributed by atoms with E-state index in [0.717, 1.165) is 38.2 Å². The van der Waals surface area contributed by atoms with Gasteiger partial charge in [-0.1, -0.05) is 17.7 Å². The number of carbonyl (C=O) groups excluding carboxylic acids is 2. The molecule has 0 spiro atoms. The van der Waals surface area contributed by atoms with Gasteiger partial charge in [0.05, 0.1) is 5.92 Å². The number of hydrogen-bond acceptors (Lipinski definition) is 3. The van der Waals surface area contributed by atoms with Gasteiger partial charge in [-0.2, -0.15) is 0 Å². The lowest BCUT2D eigenvalue weighted by molar-refractivity contribution is -0.137. The van der Waals surface area contributed by atoms with Crippen molar-refractivity contribution in [3.63, 3.8) is 0 Å². The second-order valence-corrected chi connectivity index (χ2v) is 7.07. The van der Waals surface area contributed by atoms with Gasteiger partial charge in [-0.15, -0.1) is 12.4 Å². The predicted octanol–water partition coefficient (Wildman–Crippen LogP) is 2.23. The van der Waals surface area contributed by atoms with Gasteiger partial charge in [0.1, 0.15) is 0 Å². The molecule has 0 bridgehead atoms. The second kappa shape index (κ2) is 8.68. The lowest BCUT2D eigenvalue weighted by Gasteiger charge is -2.33. The van der Waals surface area contributed by atoms with Gasteiger partial charge in [0.2, 0.25) is 11.8 Å². The van der Waals surface area contributed by atoms with Crippen molar-refractivity contribution in [2.75, 3.05) is 38.1 Å². The Morgan fingerprint density at radius 3 is 2.44 bits per heavy atom. The summed E-state index contributed by atoms with van der Waals surface area (Å²) in [5.41, 5.74) is 2.07. The van der Waals surface area contributed by atoms with Crippen LogP contribution in [0.25, 0.3) is 0 Å². The van der Waals surface area contributed by atoms with E-state index in [1.807, 2.05) is 43.1 Å². The molecule has 2 amide bonds. The quantitative estimate of drug-likeness (QED) is 0.890. The van der Waals surface area contributed by atoms with E-state index in [4.69, 9.17) is 0 Å². The fraction of sp³-hybridized carbons (Fsp3) is 0.579. The number of halogens is 1. The Morgan fingerprint density at radius 2 is 1.84 bits per heavy atom. The fourth-order valence-electron chi connectivity index (χ4n) is 3.75. The molecule has 2 heterocycles. The number of rotatable bonds is 4. The molecular weight excluding hydrogens is 338 g/mol. The molecule has 0 radical (unpaired) electrons. The Hall–Kier alpha value is -1.59. The smallest absolute Gasteiger partial charge is 0.228 e. The minimum absolute atomic E-state index is 0. The number of hydrogen-bond donors (Lipinski definition) is 1. The molecule has 138 valence electrons. The molecule has 2 aliphatic rings. The van der Waals surface area contributed by atoms with Gasteiger partial charge >= 0.3 is 0 Å². The summed E-state index contributed by atoms with van der Waals surface area (Å²) in [5, 5.41) is 3.22. The minimum atomic E-state index is -0.195. The topological polar surface area (TPSA) is 52.7 Å². The van der Waals surface area contributed by atoms with Crippen molar-refractivity contribution < 1.29 is 9.59 Å². The van der Waals surface area contributed by atoms with Crippen LogP contribution in [-0.4, -0.2) is 49.9 Å². The Labute approximate surface area is 156 Å². The third kappa shape index (κ3) is 4.53. The predicted molar refractivity (Wildman–Crippen MR) is 102 cm³/mol. The van der Waals surface area contributed by atoms with Crippen molar-refractivity contribution in [3.05, 3.63) is 29.8 Å². The third-order valence-electron chi connectivity index (χ3n) is 5.24. The van der Waals surface area contributed by atoms with Gasteiger partial charge in [-0.25, -0.2) is 0 Å². The Morgan fingerprint density at radius 1 is 1.20 bits per heavy atom. The maximum absolute atomic E-state index is 12.8. The zero-order chi connectivity index (χ0) is 17.1. The van der Waals surface area contributed by atoms with Gasteiger partial charge in [0, 0.05) is 31.7 Å². The van der Waals surface area contributed by atoms with Crippen LogP contribution in [-0.2, 0) is 9.59 Å². The number of nitrogens with zero attached hydrogens (tertiary/aromatic N) is 2. The van der Waals surface area contributed by atoms with E-state index in [1.54, 1.807) is 4.90 Å². The van der Waals surface area contributed by atoms with Gasteiger partial charge < -0.3 is 15.1 Å². The molecule has 0 aliphatic carbocycles.